The second-order valence-electron chi connectivity index (χ2n) is 4.81. The Balaban J connectivity index is 2.74. The Hall–Kier alpha value is -0.0400. The van der Waals surface area contributed by atoms with E-state index in [0.717, 1.165) is 0 Å². The van der Waals surface area contributed by atoms with Crippen molar-refractivity contribution in [1.82, 2.24) is 0 Å². The molecule has 0 aromatic carbocycles. The molecule has 1 fully saturated rings. The molecule has 0 bridgehead atoms. The van der Waals surface area contributed by atoms with E-state index in [4.69, 9.17) is 0 Å². The highest BCUT2D eigenvalue weighted by atomic mass is 16.3. The minimum atomic E-state index is 0.172. The van der Waals surface area contributed by atoms with Crippen LogP contribution in [0, 0.1) is 10.8 Å². The number of aliphatic hydroxyl groups excluding tert-OH is 1. The van der Waals surface area contributed by atoms with E-state index in [1.54, 1.807) is 0 Å². The molecule has 1 N–H and O–H groups in total. The van der Waals surface area contributed by atoms with Crippen molar-refractivity contribution in [1.29, 1.82) is 0 Å². The smallest absolute Gasteiger partial charge is 0.0489 e. The van der Waals surface area contributed by atoms with E-state index >= 15 is 0 Å². The van der Waals surface area contributed by atoms with E-state index < -0.39 is 0 Å². The monoisotopic (exact) mass is 156 g/mol. The average molecular weight is 156 g/mol. The Kier molecular flexibility index (Phi) is 2.29. The van der Waals surface area contributed by atoms with Crippen LogP contribution >= 0.6 is 0 Å². The fourth-order valence-corrected chi connectivity index (χ4v) is 2.02. The Bertz CT molecular complexity index is 140. The summed E-state index contributed by atoms with van der Waals surface area (Å²) in [5.41, 5.74) is 0.505. The third-order valence-corrected chi connectivity index (χ3v) is 3.76. The molecule has 0 heterocycles. The van der Waals surface area contributed by atoms with Gasteiger partial charge in [-0.1, -0.05) is 33.6 Å². The summed E-state index contributed by atoms with van der Waals surface area (Å²) < 4.78 is 0. The molecule has 1 aliphatic rings. The van der Waals surface area contributed by atoms with Gasteiger partial charge in [0.1, 0.15) is 0 Å². The Morgan fingerprint density at radius 2 is 1.64 bits per heavy atom. The first kappa shape index (κ1) is 9.05. The zero-order chi connectivity index (χ0) is 8.54. The van der Waals surface area contributed by atoms with Crippen LogP contribution in [-0.2, 0) is 0 Å². The Morgan fingerprint density at radius 3 is 2.00 bits per heavy atom. The van der Waals surface area contributed by atoms with Gasteiger partial charge in [0.05, 0.1) is 0 Å². The van der Waals surface area contributed by atoms with Gasteiger partial charge in [-0.3, -0.25) is 0 Å². The number of hydrogen-bond acceptors (Lipinski definition) is 1. The van der Waals surface area contributed by atoms with Gasteiger partial charge >= 0.3 is 0 Å². The van der Waals surface area contributed by atoms with Crippen molar-refractivity contribution in [2.45, 2.75) is 46.5 Å². The van der Waals surface area contributed by atoms with Crippen LogP contribution in [0.2, 0.25) is 0 Å². The summed E-state index contributed by atoms with van der Waals surface area (Å²) in [6.45, 7) is 7.12. The summed E-state index contributed by atoms with van der Waals surface area (Å²) >= 11 is 0. The van der Waals surface area contributed by atoms with E-state index in [1.165, 1.54) is 25.7 Å². The number of aliphatic hydroxyl groups is 1. The maximum Gasteiger partial charge on any atom is 0.0489 e. The van der Waals surface area contributed by atoms with Crippen LogP contribution in [0.15, 0.2) is 0 Å². The lowest BCUT2D eigenvalue weighted by Gasteiger charge is -2.47. The van der Waals surface area contributed by atoms with Gasteiger partial charge in [0.25, 0.3) is 0 Å². The van der Waals surface area contributed by atoms with E-state index in [0.29, 0.717) is 12.0 Å². The largest absolute Gasteiger partial charge is 0.396 e. The lowest BCUT2D eigenvalue weighted by molar-refractivity contribution is -0.0181. The van der Waals surface area contributed by atoms with Crippen molar-refractivity contribution < 1.29 is 5.11 Å². The quantitative estimate of drug-likeness (QED) is 0.618. The molecular weight excluding hydrogens is 136 g/mol. The predicted molar refractivity (Wildman–Crippen MR) is 47.4 cm³/mol. The van der Waals surface area contributed by atoms with Crippen molar-refractivity contribution in [3.05, 3.63) is 0 Å². The molecule has 0 aliphatic heterocycles. The molecule has 0 radical (unpaired) electrons. The number of rotatable bonds is 1. The van der Waals surface area contributed by atoms with Gasteiger partial charge < -0.3 is 5.11 Å². The van der Waals surface area contributed by atoms with Crippen LogP contribution in [-0.4, -0.2) is 11.7 Å². The van der Waals surface area contributed by atoms with Crippen LogP contribution in [0.5, 0.6) is 0 Å². The Morgan fingerprint density at radius 1 is 1.09 bits per heavy atom. The molecule has 0 aromatic rings. The van der Waals surface area contributed by atoms with Crippen LogP contribution in [0.1, 0.15) is 46.5 Å². The molecule has 1 aliphatic carbocycles. The zero-order valence-electron chi connectivity index (χ0n) is 7.98. The maximum atomic E-state index is 9.29. The van der Waals surface area contributed by atoms with Crippen LogP contribution in [0.3, 0.4) is 0 Å². The molecular formula is C10H20O. The maximum absolute atomic E-state index is 9.29. The standard InChI is InChI=1S/C10H20O/c1-9(2)6-4-5-7-10(9,3)8-11/h11H,4-8H2,1-3H3. The van der Waals surface area contributed by atoms with Gasteiger partial charge in [-0.15, -0.1) is 0 Å². The van der Waals surface area contributed by atoms with Crippen molar-refractivity contribution in [2.75, 3.05) is 6.61 Å². The Labute approximate surface area is 69.8 Å². The minimum Gasteiger partial charge on any atom is -0.396 e. The lowest BCUT2D eigenvalue weighted by atomic mass is 9.59. The van der Waals surface area contributed by atoms with Gasteiger partial charge in [0.2, 0.25) is 0 Å². The first-order valence-electron chi connectivity index (χ1n) is 4.63. The third-order valence-electron chi connectivity index (χ3n) is 3.76. The normalized spacial score (nSPS) is 37.1. The highest BCUT2D eigenvalue weighted by Gasteiger charge is 2.41. The first-order chi connectivity index (χ1) is 5.02. The zero-order valence-corrected chi connectivity index (χ0v) is 7.98. The molecule has 0 amide bonds. The fraction of sp³-hybridized carbons (Fsp3) is 1.00. The molecule has 1 saturated carbocycles. The molecule has 0 spiro atoms. The van der Waals surface area contributed by atoms with E-state index in [9.17, 15) is 5.11 Å². The molecule has 11 heavy (non-hydrogen) atoms. The summed E-state index contributed by atoms with van der Waals surface area (Å²) in [5, 5.41) is 9.29. The van der Waals surface area contributed by atoms with E-state index in [-0.39, 0.29) is 5.41 Å². The van der Waals surface area contributed by atoms with Crippen molar-refractivity contribution >= 4 is 0 Å². The van der Waals surface area contributed by atoms with Gasteiger partial charge in [-0.2, -0.15) is 0 Å². The van der Waals surface area contributed by atoms with Crippen LogP contribution in [0.4, 0.5) is 0 Å². The minimum absolute atomic E-state index is 0.172. The predicted octanol–water partition coefficient (Wildman–Crippen LogP) is 2.59. The molecule has 1 nitrogen and oxygen atoms in total. The third kappa shape index (κ3) is 1.44. The average Bonchev–Trinajstić information content (AvgIpc) is 1.95. The van der Waals surface area contributed by atoms with Gasteiger partial charge in [0, 0.05) is 6.61 Å². The molecule has 66 valence electrons. The fourth-order valence-electron chi connectivity index (χ4n) is 2.02. The molecule has 1 atom stereocenters. The number of hydrogen-bond donors (Lipinski definition) is 1. The van der Waals surface area contributed by atoms with Gasteiger partial charge in [-0.05, 0) is 23.7 Å². The van der Waals surface area contributed by atoms with E-state index in [1.807, 2.05) is 0 Å². The van der Waals surface area contributed by atoms with Crippen molar-refractivity contribution in [3.63, 3.8) is 0 Å². The molecule has 1 rings (SSSR count). The van der Waals surface area contributed by atoms with Gasteiger partial charge in [0.15, 0.2) is 0 Å². The summed E-state index contributed by atoms with van der Waals surface area (Å²) in [6, 6.07) is 0. The van der Waals surface area contributed by atoms with E-state index in [2.05, 4.69) is 20.8 Å². The topological polar surface area (TPSA) is 20.2 Å². The molecule has 1 heteroatoms. The SMILES string of the molecule is CC1(C)CCCCC1(C)CO. The van der Waals surface area contributed by atoms with Gasteiger partial charge in [-0.25, -0.2) is 0 Å². The summed E-state index contributed by atoms with van der Waals surface area (Å²) in [5.74, 6) is 0. The molecule has 0 saturated heterocycles. The van der Waals surface area contributed by atoms with Crippen molar-refractivity contribution in [2.24, 2.45) is 10.8 Å². The van der Waals surface area contributed by atoms with Crippen molar-refractivity contribution in [3.8, 4) is 0 Å². The second kappa shape index (κ2) is 2.78. The molecule has 0 aromatic heterocycles. The van der Waals surface area contributed by atoms with Crippen LogP contribution < -0.4 is 0 Å². The van der Waals surface area contributed by atoms with Crippen LogP contribution in [0.25, 0.3) is 0 Å². The summed E-state index contributed by atoms with van der Waals surface area (Å²) in [7, 11) is 0. The summed E-state index contributed by atoms with van der Waals surface area (Å²) in [6.07, 6.45) is 5.09. The first-order valence-corrected chi connectivity index (χ1v) is 4.63. The highest BCUT2D eigenvalue weighted by Crippen LogP contribution is 2.49. The molecule has 1 unspecified atom stereocenters. The lowest BCUT2D eigenvalue weighted by Crippen LogP contribution is -2.40. The highest BCUT2D eigenvalue weighted by molar-refractivity contribution is 4.91. The summed E-state index contributed by atoms with van der Waals surface area (Å²) in [4.78, 5) is 0. The second-order valence-corrected chi connectivity index (χ2v) is 4.81.